The van der Waals surface area contributed by atoms with Gasteiger partial charge in [0.25, 0.3) is 0 Å². The summed E-state index contributed by atoms with van der Waals surface area (Å²) in [4.78, 5) is 25.2. The van der Waals surface area contributed by atoms with E-state index in [1.165, 1.54) is 16.0 Å². The third kappa shape index (κ3) is 4.50. The van der Waals surface area contributed by atoms with Gasteiger partial charge < -0.3 is 10.6 Å². The lowest BCUT2D eigenvalue weighted by Gasteiger charge is -2.44. The molecule has 35 heavy (non-hydrogen) atoms. The minimum atomic E-state index is -0.267. The number of aryl methyl sites for hydroxylation is 1. The van der Waals surface area contributed by atoms with E-state index in [1.54, 1.807) is 18.1 Å². The van der Waals surface area contributed by atoms with Crippen LogP contribution in [0.1, 0.15) is 36.8 Å². The average Bonchev–Trinajstić information content (AvgIpc) is 3.33. The van der Waals surface area contributed by atoms with Gasteiger partial charge in [0.15, 0.2) is 5.65 Å². The highest BCUT2D eigenvalue weighted by molar-refractivity contribution is 7.98. The molecule has 1 fully saturated rings. The molecule has 3 atom stereocenters. The van der Waals surface area contributed by atoms with Crippen molar-refractivity contribution >= 4 is 34.5 Å². The SMILES string of the molecule is CSc1ccc([C@@H](C)C2C(C(N)=O)CCCN2c2ncnc3nn(-c4ccc(C)cc4)cc23)cc1. The molecular weight excluding hydrogens is 456 g/mol. The summed E-state index contributed by atoms with van der Waals surface area (Å²) in [5.41, 5.74) is 9.92. The molecule has 2 N–H and O–H groups in total. The Balaban J connectivity index is 1.58. The molecule has 0 bridgehead atoms. The highest BCUT2D eigenvalue weighted by atomic mass is 32.2. The summed E-state index contributed by atoms with van der Waals surface area (Å²) in [6, 6.07) is 16.7. The van der Waals surface area contributed by atoms with Crippen molar-refractivity contribution < 1.29 is 4.79 Å². The van der Waals surface area contributed by atoms with Crippen molar-refractivity contribution in [1.82, 2.24) is 19.7 Å². The van der Waals surface area contributed by atoms with Crippen molar-refractivity contribution in [2.24, 2.45) is 11.7 Å². The van der Waals surface area contributed by atoms with Crippen LogP contribution in [0.15, 0.2) is 66.0 Å². The Labute approximate surface area is 209 Å². The number of benzene rings is 2. The molecule has 2 aromatic heterocycles. The van der Waals surface area contributed by atoms with Crippen molar-refractivity contribution in [3.63, 3.8) is 0 Å². The first-order valence-corrected chi connectivity index (χ1v) is 13.2. The first-order valence-electron chi connectivity index (χ1n) is 11.9. The van der Waals surface area contributed by atoms with Crippen LogP contribution >= 0.6 is 11.8 Å². The van der Waals surface area contributed by atoms with E-state index < -0.39 is 0 Å². The minimum absolute atomic E-state index is 0.0841. The fraction of sp³-hybridized carbons (Fsp3) is 0.333. The van der Waals surface area contributed by atoms with Gasteiger partial charge in [0.1, 0.15) is 12.1 Å². The molecule has 1 aliphatic heterocycles. The summed E-state index contributed by atoms with van der Waals surface area (Å²) in [7, 11) is 0. The van der Waals surface area contributed by atoms with Gasteiger partial charge in [0, 0.05) is 29.6 Å². The van der Waals surface area contributed by atoms with E-state index in [4.69, 9.17) is 15.8 Å². The lowest BCUT2D eigenvalue weighted by molar-refractivity contribution is -0.123. The number of amides is 1. The molecule has 1 amide bonds. The van der Waals surface area contributed by atoms with Crippen molar-refractivity contribution in [1.29, 1.82) is 0 Å². The van der Waals surface area contributed by atoms with Crippen molar-refractivity contribution in [3.8, 4) is 5.69 Å². The second-order valence-corrected chi connectivity index (χ2v) is 10.1. The van der Waals surface area contributed by atoms with Gasteiger partial charge in [0.2, 0.25) is 5.91 Å². The molecule has 7 nitrogen and oxygen atoms in total. The second-order valence-electron chi connectivity index (χ2n) is 9.24. The lowest BCUT2D eigenvalue weighted by atomic mass is 9.78. The quantitative estimate of drug-likeness (QED) is 0.397. The number of rotatable bonds is 6. The predicted octanol–water partition coefficient (Wildman–Crippen LogP) is 4.72. The molecule has 0 saturated carbocycles. The van der Waals surface area contributed by atoms with E-state index in [9.17, 15) is 4.79 Å². The molecule has 0 spiro atoms. The van der Waals surface area contributed by atoms with Gasteiger partial charge in [-0.15, -0.1) is 16.9 Å². The van der Waals surface area contributed by atoms with E-state index in [-0.39, 0.29) is 23.8 Å². The maximum absolute atomic E-state index is 12.6. The summed E-state index contributed by atoms with van der Waals surface area (Å²) < 4.78 is 1.84. The van der Waals surface area contributed by atoms with Crippen molar-refractivity contribution in [2.75, 3.05) is 17.7 Å². The number of hydrogen-bond donors (Lipinski definition) is 1. The van der Waals surface area contributed by atoms with Gasteiger partial charge in [-0.3, -0.25) is 4.79 Å². The molecule has 5 rings (SSSR count). The molecular formula is C27H30N6OS. The Morgan fingerprint density at radius 2 is 1.86 bits per heavy atom. The number of nitrogens with two attached hydrogens (primary N) is 1. The summed E-state index contributed by atoms with van der Waals surface area (Å²) in [6.07, 6.45) is 7.27. The average molecular weight is 487 g/mol. The number of hydrogen-bond acceptors (Lipinski definition) is 6. The fourth-order valence-electron chi connectivity index (χ4n) is 5.18. The Morgan fingerprint density at radius 3 is 2.54 bits per heavy atom. The minimum Gasteiger partial charge on any atom is -0.369 e. The number of fused-ring (bicyclic) bond motifs is 1. The molecule has 0 radical (unpaired) electrons. The smallest absolute Gasteiger partial charge is 0.222 e. The molecule has 2 unspecified atom stereocenters. The number of nitrogens with zero attached hydrogens (tertiary/aromatic N) is 5. The molecule has 0 aliphatic carbocycles. The largest absolute Gasteiger partial charge is 0.369 e. The molecule has 180 valence electrons. The third-order valence-corrected chi connectivity index (χ3v) is 7.82. The first-order chi connectivity index (χ1) is 17.0. The normalized spacial score (nSPS) is 19.1. The third-order valence-electron chi connectivity index (χ3n) is 7.07. The number of primary amides is 1. The number of carbonyl (C=O) groups is 1. The van der Waals surface area contributed by atoms with E-state index in [2.05, 4.69) is 66.4 Å². The molecule has 3 heterocycles. The summed E-state index contributed by atoms with van der Waals surface area (Å²) in [5, 5.41) is 5.58. The van der Waals surface area contributed by atoms with E-state index in [0.29, 0.717) is 5.65 Å². The van der Waals surface area contributed by atoms with Crippen LogP contribution in [-0.2, 0) is 4.79 Å². The van der Waals surface area contributed by atoms with Crippen LogP contribution in [0.3, 0.4) is 0 Å². The topological polar surface area (TPSA) is 89.9 Å². The van der Waals surface area contributed by atoms with Crippen LogP contribution in [0.5, 0.6) is 0 Å². The first kappa shape index (κ1) is 23.4. The van der Waals surface area contributed by atoms with Crippen LogP contribution in [0.4, 0.5) is 5.82 Å². The predicted molar refractivity (Wildman–Crippen MR) is 141 cm³/mol. The zero-order chi connectivity index (χ0) is 24.5. The van der Waals surface area contributed by atoms with Crippen LogP contribution in [-0.4, -0.2) is 44.5 Å². The van der Waals surface area contributed by atoms with Crippen LogP contribution < -0.4 is 10.6 Å². The number of aromatic nitrogens is 4. The van der Waals surface area contributed by atoms with Gasteiger partial charge in [-0.1, -0.05) is 36.8 Å². The summed E-state index contributed by atoms with van der Waals surface area (Å²) >= 11 is 1.72. The highest BCUT2D eigenvalue weighted by Gasteiger charge is 2.40. The lowest BCUT2D eigenvalue weighted by Crippen LogP contribution is -2.52. The van der Waals surface area contributed by atoms with Crippen LogP contribution in [0, 0.1) is 12.8 Å². The number of thioether (sulfide) groups is 1. The van der Waals surface area contributed by atoms with Gasteiger partial charge in [0.05, 0.1) is 17.0 Å². The molecule has 1 aliphatic rings. The van der Waals surface area contributed by atoms with Crippen molar-refractivity contribution in [3.05, 3.63) is 72.2 Å². The fourth-order valence-corrected chi connectivity index (χ4v) is 5.59. The maximum atomic E-state index is 12.6. The Bertz CT molecular complexity index is 1330. The van der Waals surface area contributed by atoms with Gasteiger partial charge in [-0.2, -0.15) is 0 Å². The maximum Gasteiger partial charge on any atom is 0.222 e. The Hall–Kier alpha value is -3.39. The molecule has 1 saturated heterocycles. The zero-order valence-corrected chi connectivity index (χ0v) is 21.1. The van der Waals surface area contributed by atoms with Crippen LogP contribution in [0.2, 0.25) is 0 Å². The highest BCUT2D eigenvalue weighted by Crippen LogP contribution is 2.38. The number of carbonyl (C=O) groups excluding carboxylic acids is 1. The summed E-state index contributed by atoms with van der Waals surface area (Å²) in [6.45, 7) is 5.04. The van der Waals surface area contributed by atoms with Crippen molar-refractivity contribution in [2.45, 2.75) is 43.5 Å². The zero-order valence-electron chi connectivity index (χ0n) is 20.3. The van der Waals surface area contributed by atoms with E-state index in [0.717, 1.165) is 36.3 Å². The van der Waals surface area contributed by atoms with Gasteiger partial charge >= 0.3 is 0 Å². The monoisotopic (exact) mass is 486 g/mol. The summed E-state index contributed by atoms with van der Waals surface area (Å²) in [5.74, 6) is 0.363. The molecule has 4 aromatic rings. The molecule has 8 heteroatoms. The van der Waals surface area contributed by atoms with E-state index in [1.807, 2.05) is 23.0 Å². The standard InChI is InChI=1S/C27H30N6OS/c1-17-6-10-20(11-7-17)33-15-23-26(31-33)29-16-30-27(23)32-14-4-5-22(25(28)34)24(32)18(2)19-8-12-21(35-3)13-9-19/h6-13,15-16,18,22,24H,4-5,14H2,1-3H3,(H2,28,34)/t18-,22?,24?/m1/s1. The van der Waals surface area contributed by atoms with Crippen LogP contribution in [0.25, 0.3) is 16.7 Å². The number of anilines is 1. The van der Waals surface area contributed by atoms with Gasteiger partial charge in [-0.25, -0.2) is 14.6 Å². The number of piperidine rings is 1. The second kappa shape index (κ2) is 9.70. The molecule has 2 aromatic carbocycles. The Kier molecular flexibility index (Phi) is 6.47. The van der Waals surface area contributed by atoms with E-state index >= 15 is 0 Å². The van der Waals surface area contributed by atoms with Gasteiger partial charge in [-0.05, 0) is 55.9 Å². The Morgan fingerprint density at radius 1 is 1.11 bits per heavy atom.